The van der Waals surface area contributed by atoms with Crippen LogP contribution in [-0.2, 0) is 26.6 Å². The topological polar surface area (TPSA) is 95.9 Å². The van der Waals surface area contributed by atoms with Gasteiger partial charge in [0, 0.05) is 23.6 Å². The van der Waals surface area contributed by atoms with Crippen molar-refractivity contribution in [1.82, 2.24) is 5.32 Å². The van der Waals surface area contributed by atoms with Gasteiger partial charge in [0.1, 0.15) is 11.6 Å². The molecule has 1 unspecified atom stereocenters. The quantitative estimate of drug-likeness (QED) is 0.254. The summed E-state index contributed by atoms with van der Waals surface area (Å²) in [5.74, 6) is 0.969. The summed E-state index contributed by atoms with van der Waals surface area (Å²) >= 11 is 1.43. The van der Waals surface area contributed by atoms with Crippen molar-refractivity contribution in [3.8, 4) is 0 Å². The number of thioether (sulfide) groups is 1. The summed E-state index contributed by atoms with van der Waals surface area (Å²) in [4.78, 5) is 39.0. The minimum absolute atomic E-state index is 0.158. The number of anilines is 1. The van der Waals surface area contributed by atoms with Crippen LogP contribution >= 0.6 is 11.8 Å². The average Bonchev–Trinajstić information content (AvgIpc) is 3.43. The Bertz CT molecular complexity index is 1140. The van der Waals surface area contributed by atoms with Crippen molar-refractivity contribution in [3.63, 3.8) is 0 Å². The maximum Gasteiger partial charge on any atom is 0.408 e. The van der Waals surface area contributed by atoms with Crippen molar-refractivity contribution in [3.05, 3.63) is 65.2 Å². The summed E-state index contributed by atoms with van der Waals surface area (Å²) in [5.41, 5.74) is 3.55. The normalized spacial score (nSPS) is 14.6. The van der Waals surface area contributed by atoms with Crippen LogP contribution in [0.4, 0.5) is 10.5 Å². The summed E-state index contributed by atoms with van der Waals surface area (Å²) in [5, 5.41) is 11.9. The molecule has 2 aromatic rings. The third-order valence-electron chi connectivity index (χ3n) is 7.32. The van der Waals surface area contributed by atoms with E-state index in [4.69, 9.17) is 4.74 Å². The number of nitrogens with zero attached hydrogens (tertiary/aromatic N) is 1. The summed E-state index contributed by atoms with van der Waals surface area (Å²) in [6, 6.07) is 15.4. The van der Waals surface area contributed by atoms with Gasteiger partial charge in [-0.3, -0.25) is 4.79 Å². The largest absolute Gasteiger partial charge is 0.480 e. The molecule has 1 saturated carbocycles. The number of amides is 2. The Labute approximate surface area is 249 Å². The highest BCUT2D eigenvalue weighted by atomic mass is 32.2. The fourth-order valence-corrected chi connectivity index (χ4v) is 5.97. The van der Waals surface area contributed by atoms with Crippen molar-refractivity contribution >= 4 is 35.4 Å². The fraction of sp³-hybridized carbons (Fsp3) is 0.545. The van der Waals surface area contributed by atoms with Gasteiger partial charge in [0.05, 0.1) is 6.54 Å². The lowest BCUT2D eigenvalue weighted by molar-refractivity contribution is -0.138. The second-order valence-electron chi connectivity index (χ2n) is 12.3. The number of alkyl carbamates (subject to hydrolysis) is 1. The number of rotatable bonds is 13. The number of carboxylic acid groups (broad SMARTS) is 1. The Morgan fingerprint density at radius 2 is 1.61 bits per heavy atom. The number of carboxylic acids is 1. The number of benzene rings is 2. The second-order valence-corrected chi connectivity index (χ2v) is 13.3. The molecule has 1 atom stereocenters. The maximum atomic E-state index is 13.4. The van der Waals surface area contributed by atoms with Gasteiger partial charge in [-0.2, -0.15) is 11.8 Å². The molecule has 0 spiro atoms. The molecule has 0 aromatic heterocycles. The standard InChI is InChI=1S/C33H46N2O5S/c1-23(2)27-15-17-28(18-16-27)35(30(36)19-14-24-8-6-7-9-24)20-25-10-12-26(13-11-25)21-41-22-29(31(37)38)34-32(39)40-33(3,4)5/h10-13,15-18,23-24,29H,6-9,14,19-22H2,1-5H3,(H,34,39)(H,37,38). The Kier molecular flexibility index (Phi) is 12.1. The SMILES string of the molecule is CC(C)c1ccc(N(Cc2ccc(CSCC(NC(=O)OC(C)(C)C)C(=O)O)cc2)C(=O)CCC2CCCC2)cc1. The molecule has 224 valence electrons. The van der Waals surface area contributed by atoms with Crippen LogP contribution in [-0.4, -0.2) is 40.5 Å². The molecule has 0 heterocycles. The van der Waals surface area contributed by atoms with Crippen LogP contribution in [0.5, 0.6) is 0 Å². The fourth-order valence-electron chi connectivity index (χ4n) is 4.97. The van der Waals surface area contributed by atoms with E-state index >= 15 is 0 Å². The van der Waals surface area contributed by atoms with Gasteiger partial charge in [0.2, 0.25) is 5.91 Å². The molecule has 0 aliphatic heterocycles. The highest BCUT2D eigenvalue weighted by Gasteiger charge is 2.24. The third-order valence-corrected chi connectivity index (χ3v) is 8.43. The van der Waals surface area contributed by atoms with E-state index < -0.39 is 23.7 Å². The molecule has 0 bridgehead atoms. The van der Waals surface area contributed by atoms with E-state index in [0.29, 0.717) is 30.6 Å². The molecule has 1 aliphatic carbocycles. The van der Waals surface area contributed by atoms with Crippen molar-refractivity contribution < 1.29 is 24.2 Å². The van der Waals surface area contributed by atoms with Crippen molar-refractivity contribution in [2.45, 2.75) is 103 Å². The Hall–Kier alpha value is -3.00. The lowest BCUT2D eigenvalue weighted by Gasteiger charge is -2.24. The number of nitrogens with one attached hydrogen (secondary N) is 1. The predicted octanol–water partition coefficient (Wildman–Crippen LogP) is 7.52. The van der Waals surface area contributed by atoms with E-state index in [2.05, 4.69) is 43.4 Å². The summed E-state index contributed by atoms with van der Waals surface area (Å²) in [6.45, 7) is 10.0. The third kappa shape index (κ3) is 11.1. The van der Waals surface area contributed by atoms with E-state index in [9.17, 15) is 19.5 Å². The number of hydrogen-bond acceptors (Lipinski definition) is 5. The van der Waals surface area contributed by atoms with Gasteiger partial charge in [-0.05, 0) is 67.9 Å². The predicted molar refractivity (Wildman–Crippen MR) is 166 cm³/mol. The van der Waals surface area contributed by atoms with E-state index in [-0.39, 0.29) is 11.7 Å². The first-order valence-electron chi connectivity index (χ1n) is 14.7. The van der Waals surface area contributed by atoms with E-state index in [1.165, 1.54) is 43.0 Å². The number of hydrogen-bond donors (Lipinski definition) is 2. The summed E-state index contributed by atoms with van der Waals surface area (Å²) in [7, 11) is 0. The summed E-state index contributed by atoms with van der Waals surface area (Å²) < 4.78 is 5.18. The van der Waals surface area contributed by atoms with Gasteiger partial charge in [-0.1, -0.05) is 75.9 Å². The lowest BCUT2D eigenvalue weighted by Crippen LogP contribution is -2.44. The highest BCUT2D eigenvalue weighted by molar-refractivity contribution is 7.98. The zero-order valence-corrected chi connectivity index (χ0v) is 26.0. The number of carbonyl (C=O) groups is 3. The van der Waals surface area contributed by atoms with Gasteiger partial charge in [-0.25, -0.2) is 9.59 Å². The van der Waals surface area contributed by atoms with Gasteiger partial charge < -0.3 is 20.1 Å². The molecule has 41 heavy (non-hydrogen) atoms. The Morgan fingerprint density at radius 3 is 2.17 bits per heavy atom. The minimum Gasteiger partial charge on any atom is -0.480 e. The number of aliphatic carboxylic acids is 1. The van der Waals surface area contributed by atoms with Crippen LogP contribution in [0.25, 0.3) is 0 Å². The molecule has 0 saturated heterocycles. The first-order chi connectivity index (χ1) is 19.4. The van der Waals surface area contributed by atoms with Gasteiger partial charge >= 0.3 is 12.1 Å². The highest BCUT2D eigenvalue weighted by Crippen LogP contribution is 2.30. The van der Waals surface area contributed by atoms with Crippen LogP contribution in [0, 0.1) is 5.92 Å². The first-order valence-corrected chi connectivity index (χ1v) is 15.8. The van der Waals surface area contributed by atoms with Crippen LogP contribution < -0.4 is 10.2 Å². The van der Waals surface area contributed by atoms with Gasteiger partial charge in [0.25, 0.3) is 0 Å². The van der Waals surface area contributed by atoms with Crippen LogP contribution in [0.15, 0.2) is 48.5 Å². The minimum atomic E-state index is -1.10. The van der Waals surface area contributed by atoms with E-state index in [1.54, 1.807) is 20.8 Å². The smallest absolute Gasteiger partial charge is 0.408 e. The average molecular weight is 583 g/mol. The van der Waals surface area contributed by atoms with Gasteiger partial charge in [-0.15, -0.1) is 0 Å². The monoisotopic (exact) mass is 582 g/mol. The molecular formula is C33H46N2O5S. The van der Waals surface area contributed by atoms with Crippen LogP contribution in [0.3, 0.4) is 0 Å². The Balaban J connectivity index is 1.60. The first kappa shape index (κ1) is 32.5. The van der Waals surface area contributed by atoms with Crippen molar-refractivity contribution in [2.24, 2.45) is 5.92 Å². The molecular weight excluding hydrogens is 536 g/mol. The Morgan fingerprint density at radius 1 is 1.00 bits per heavy atom. The molecule has 7 nitrogen and oxygen atoms in total. The second kappa shape index (κ2) is 15.3. The number of carbonyl (C=O) groups excluding carboxylic acids is 2. The molecule has 8 heteroatoms. The zero-order valence-electron chi connectivity index (χ0n) is 25.2. The molecule has 2 N–H and O–H groups in total. The molecule has 3 rings (SSSR count). The van der Waals surface area contributed by atoms with Gasteiger partial charge in [0.15, 0.2) is 0 Å². The van der Waals surface area contributed by atoms with Crippen LogP contribution in [0.1, 0.15) is 95.8 Å². The van der Waals surface area contributed by atoms with Crippen molar-refractivity contribution in [1.29, 1.82) is 0 Å². The van der Waals surface area contributed by atoms with Crippen molar-refractivity contribution in [2.75, 3.05) is 10.7 Å². The maximum absolute atomic E-state index is 13.4. The summed E-state index contributed by atoms with van der Waals surface area (Å²) in [6.07, 6.45) is 5.81. The molecule has 2 amide bonds. The number of ether oxygens (including phenoxy) is 1. The molecule has 2 aromatic carbocycles. The zero-order chi connectivity index (χ0) is 30.0. The molecule has 0 radical (unpaired) electrons. The molecule has 1 fully saturated rings. The van der Waals surface area contributed by atoms with E-state index in [0.717, 1.165) is 23.2 Å². The van der Waals surface area contributed by atoms with E-state index in [1.807, 2.05) is 29.2 Å². The lowest BCUT2D eigenvalue weighted by atomic mass is 10.0. The molecule has 1 aliphatic rings. The van der Waals surface area contributed by atoms with Crippen LogP contribution in [0.2, 0.25) is 0 Å².